The van der Waals surface area contributed by atoms with Gasteiger partial charge in [-0.3, -0.25) is 0 Å². The molecular formula is C3H10Cl2N. The van der Waals surface area contributed by atoms with Gasteiger partial charge >= 0.3 is 0 Å². The minimum absolute atomic E-state index is 0. The first-order chi connectivity index (χ1) is 1.91. The van der Waals surface area contributed by atoms with E-state index in [-0.39, 0.29) is 24.8 Å². The second-order valence-corrected chi connectivity index (χ2v) is 0.642. The lowest BCUT2D eigenvalue weighted by Crippen LogP contribution is -1.93. The molecule has 0 atom stereocenters. The third-order valence-corrected chi connectivity index (χ3v) is 0.204. The first-order valence-corrected chi connectivity index (χ1v) is 1.41. The van der Waals surface area contributed by atoms with Gasteiger partial charge in [-0.15, -0.1) is 24.8 Å². The molecule has 0 heterocycles. The molecule has 0 aromatic carbocycles. The average Bonchev–Trinajstić information content (AvgIpc) is 1.37. The van der Waals surface area contributed by atoms with E-state index in [2.05, 4.69) is 6.92 Å². The number of rotatable bonds is 1. The second-order valence-electron chi connectivity index (χ2n) is 0.642. The molecule has 2 N–H and O–H groups in total. The first kappa shape index (κ1) is 16.0. The van der Waals surface area contributed by atoms with Crippen LogP contribution in [0.15, 0.2) is 0 Å². The van der Waals surface area contributed by atoms with E-state index in [4.69, 9.17) is 5.73 Å². The van der Waals surface area contributed by atoms with E-state index in [1.807, 2.05) is 0 Å². The van der Waals surface area contributed by atoms with Crippen LogP contribution in [0.5, 0.6) is 0 Å². The summed E-state index contributed by atoms with van der Waals surface area (Å²) in [7, 11) is 0. The van der Waals surface area contributed by atoms with Crippen molar-refractivity contribution in [2.24, 2.45) is 5.73 Å². The largest absolute Gasteiger partial charge is 0.330 e. The fraction of sp³-hybridized carbons (Fsp3) is 0.667. The van der Waals surface area contributed by atoms with Crippen molar-refractivity contribution in [2.75, 3.05) is 6.54 Å². The molecule has 41 valence electrons. The Kier molecular flexibility index (Phi) is 47.2. The third-order valence-electron chi connectivity index (χ3n) is 0.204. The molecule has 6 heavy (non-hydrogen) atoms. The molecule has 0 fully saturated rings. The molecule has 1 radical (unpaired) electrons. The van der Waals surface area contributed by atoms with E-state index in [0.29, 0.717) is 6.54 Å². The third kappa shape index (κ3) is 24.0. The summed E-state index contributed by atoms with van der Waals surface area (Å²) in [5.41, 5.74) is 4.97. The van der Waals surface area contributed by atoms with Crippen molar-refractivity contribution in [3.8, 4) is 0 Å². The molecule has 0 aromatic heterocycles. The highest BCUT2D eigenvalue weighted by molar-refractivity contribution is 5.85. The number of nitrogens with two attached hydrogens (primary N) is 1. The van der Waals surface area contributed by atoms with Gasteiger partial charge in [-0.05, 0) is 13.0 Å². The van der Waals surface area contributed by atoms with Gasteiger partial charge < -0.3 is 5.73 Å². The lowest BCUT2D eigenvalue weighted by molar-refractivity contribution is 1.01. The van der Waals surface area contributed by atoms with E-state index < -0.39 is 0 Å². The van der Waals surface area contributed by atoms with Gasteiger partial charge in [0, 0.05) is 0 Å². The summed E-state index contributed by atoms with van der Waals surface area (Å²) >= 11 is 0. The van der Waals surface area contributed by atoms with Crippen LogP contribution in [0.1, 0.15) is 6.42 Å². The molecule has 0 unspecified atom stereocenters. The zero-order valence-corrected chi connectivity index (χ0v) is 5.15. The van der Waals surface area contributed by atoms with Crippen LogP contribution in [-0.4, -0.2) is 6.54 Å². The van der Waals surface area contributed by atoms with Crippen LogP contribution < -0.4 is 5.73 Å². The van der Waals surface area contributed by atoms with Crippen LogP contribution in [0.3, 0.4) is 0 Å². The fourth-order valence-electron chi connectivity index (χ4n) is 0. The minimum Gasteiger partial charge on any atom is -0.330 e. The topological polar surface area (TPSA) is 26.0 Å². The Bertz CT molecular complexity index is 10.8. The molecule has 0 saturated heterocycles. The zero-order valence-electron chi connectivity index (χ0n) is 3.52. The molecule has 0 aliphatic carbocycles. The standard InChI is InChI=1S/C3H8N.2ClH/c1-2-3-4;;/h1-4H2;2*1H. The Morgan fingerprint density at radius 1 is 1.33 bits per heavy atom. The van der Waals surface area contributed by atoms with Crippen LogP contribution in [0.25, 0.3) is 0 Å². The Morgan fingerprint density at radius 3 is 1.50 bits per heavy atom. The average molecular weight is 131 g/mol. The molecule has 0 amide bonds. The highest BCUT2D eigenvalue weighted by atomic mass is 35.5. The zero-order chi connectivity index (χ0) is 3.41. The SMILES string of the molecule is Cl.Cl.[CH2]CCN. The van der Waals surface area contributed by atoms with Gasteiger partial charge in [-0.2, -0.15) is 0 Å². The van der Waals surface area contributed by atoms with E-state index in [0.717, 1.165) is 6.42 Å². The van der Waals surface area contributed by atoms with Gasteiger partial charge in [-0.1, -0.05) is 6.92 Å². The predicted molar refractivity (Wildman–Crippen MR) is 33.5 cm³/mol. The Morgan fingerprint density at radius 2 is 1.50 bits per heavy atom. The Labute approximate surface area is 51.1 Å². The lowest BCUT2D eigenvalue weighted by atomic mass is 10.5. The van der Waals surface area contributed by atoms with Gasteiger partial charge in [0.05, 0.1) is 0 Å². The molecule has 0 aliphatic rings. The monoisotopic (exact) mass is 130 g/mol. The van der Waals surface area contributed by atoms with E-state index >= 15 is 0 Å². The minimum atomic E-state index is 0. The summed E-state index contributed by atoms with van der Waals surface area (Å²) in [6.45, 7) is 4.19. The number of halogens is 2. The van der Waals surface area contributed by atoms with Crippen molar-refractivity contribution in [3.63, 3.8) is 0 Å². The Balaban J connectivity index is -0.0000000450. The summed E-state index contributed by atoms with van der Waals surface area (Å²) in [6.07, 6.45) is 0.847. The number of hydrogen-bond acceptors (Lipinski definition) is 1. The Hall–Kier alpha value is 0.540. The number of hydrogen-bond donors (Lipinski definition) is 1. The summed E-state index contributed by atoms with van der Waals surface area (Å²) in [4.78, 5) is 0. The van der Waals surface area contributed by atoms with E-state index in [1.54, 1.807) is 0 Å². The van der Waals surface area contributed by atoms with Crippen LogP contribution in [0.4, 0.5) is 0 Å². The fourth-order valence-corrected chi connectivity index (χ4v) is 0. The molecule has 3 heteroatoms. The lowest BCUT2D eigenvalue weighted by Gasteiger charge is -1.70. The van der Waals surface area contributed by atoms with Crippen molar-refractivity contribution < 1.29 is 0 Å². The van der Waals surface area contributed by atoms with Crippen molar-refractivity contribution in [3.05, 3.63) is 6.92 Å². The first-order valence-electron chi connectivity index (χ1n) is 1.41. The normalized spacial score (nSPS) is 5.00. The van der Waals surface area contributed by atoms with Crippen molar-refractivity contribution >= 4 is 24.8 Å². The molecule has 1 nitrogen and oxygen atoms in total. The maximum atomic E-state index is 4.97. The van der Waals surface area contributed by atoms with Gasteiger partial charge in [0.25, 0.3) is 0 Å². The summed E-state index contributed by atoms with van der Waals surface area (Å²) in [5.74, 6) is 0. The van der Waals surface area contributed by atoms with Gasteiger partial charge in [0.15, 0.2) is 0 Å². The predicted octanol–water partition coefficient (Wildman–Crippen LogP) is 1.01. The van der Waals surface area contributed by atoms with E-state index in [9.17, 15) is 0 Å². The second kappa shape index (κ2) is 17.7. The quantitative estimate of drug-likeness (QED) is 0.564. The van der Waals surface area contributed by atoms with E-state index in [1.165, 1.54) is 0 Å². The van der Waals surface area contributed by atoms with Gasteiger partial charge in [0.1, 0.15) is 0 Å². The highest BCUT2D eigenvalue weighted by Gasteiger charge is 1.55. The van der Waals surface area contributed by atoms with Crippen molar-refractivity contribution in [1.29, 1.82) is 0 Å². The molecule has 0 spiro atoms. The maximum absolute atomic E-state index is 4.97. The summed E-state index contributed by atoms with van der Waals surface area (Å²) in [6, 6.07) is 0. The van der Waals surface area contributed by atoms with Crippen molar-refractivity contribution in [1.82, 2.24) is 0 Å². The van der Waals surface area contributed by atoms with Crippen LogP contribution in [0, 0.1) is 6.92 Å². The smallest absolute Gasteiger partial charge is 0.00773 e. The molecule has 0 saturated carbocycles. The summed E-state index contributed by atoms with van der Waals surface area (Å²) in [5, 5.41) is 0. The van der Waals surface area contributed by atoms with Gasteiger partial charge in [0.2, 0.25) is 0 Å². The molecule has 0 rings (SSSR count). The van der Waals surface area contributed by atoms with Crippen LogP contribution in [0.2, 0.25) is 0 Å². The molecular weight excluding hydrogens is 121 g/mol. The summed E-state index contributed by atoms with van der Waals surface area (Å²) < 4.78 is 0. The van der Waals surface area contributed by atoms with Gasteiger partial charge in [-0.25, -0.2) is 0 Å². The highest BCUT2D eigenvalue weighted by Crippen LogP contribution is 1.55. The molecule has 0 aliphatic heterocycles. The maximum Gasteiger partial charge on any atom is -0.00773 e. The molecule has 0 bridgehead atoms. The van der Waals surface area contributed by atoms with Crippen LogP contribution >= 0.6 is 24.8 Å². The molecule has 0 aromatic rings. The van der Waals surface area contributed by atoms with Crippen molar-refractivity contribution in [2.45, 2.75) is 6.42 Å². The van der Waals surface area contributed by atoms with Crippen LogP contribution in [-0.2, 0) is 0 Å².